The van der Waals surface area contributed by atoms with Crippen LogP contribution < -0.4 is 9.64 Å². The van der Waals surface area contributed by atoms with E-state index < -0.39 is 6.43 Å². The number of rotatable bonds is 7. The van der Waals surface area contributed by atoms with Gasteiger partial charge in [0, 0.05) is 37.8 Å². The molecule has 0 bridgehead atoms. The molecule has 4 heterocycles. The number of carbonyl (C=O) groups is 1. The maximum absolute atomic E-state index is 12.8. The number of morpholine rings is 1. The van der Waals surface area contributed by atoms with E-state index in [2.05, 4.69) is 20.5 Å². The number of amides is 1. The summed E-state index contributed by atoms with van der Waals surface area (Å²) in [6.45, 7) is 5.63. The maximum Gasteiger partial charge on any atom is 0.263 e. The SMILES string of the molecule is Cc1nnn(-c2ccc(C(F)F)cc2)c1COc1ccc(N2CC(C(=O)N3CCOCC3)C2)nn1. The zero-order valence-corrected chi connectivity index (χ0v) is 19.2. The molecule has 184 valence electrons. The number of alkyl halides is 2. The third-order valence-corrected chi connectivity index (χ3v) is 6.21. The molecule has 0 radical (unpaired) electrons. The van der Waals surface area contributed by atoms with Gasteiger partial charge in [-0.25, -0.2) is 13.5 Å². The quantitative estimate of drug-likeness (QED) is 0.502. The fraction of sp³-hybridized carbons (Fsp3) is 0.435. The van der Waals surface area contributed by atoms with Gasteiger partial charge in [-0.1, -0.05) is 17.3 Å². The van der Waals surface area contributed by atoms with Gasteiger partial charge in [0.2, 0.25) is 11.8 Å². The third-order valence-electron chi connectivity index (χ3n) is 6.21. The fourth-order valence-corrected chi connectivity index (χ4v) is 4.08. The Hall–Kier alpha value is -3.67. The van der Waals surface area contributed by atoms with Crippen LogP contribution in [0.5, 0.6) is 5.88 Å². The number of hydrogen-bond acceptors (Lipinski definition) is 8. The van der Waals surface area contributed by atoms with Crippen LogP contribution in [0.2, 0.25) is 0 Å². The summed E-state index contributed by atoms with van der Waals surface area (Å²) in [7, 11) is 0. The van der Waals surface area contributed by atoms with Gasteiger partial charge in [-0.3, -0.25) is 4.79 Å². The molecule has 1 amide bonds. The highest BCUT2D eigenvalue weighted by Gasteiger charge is 2.36. The van der Waals surface area contributed by atoms with Crippen molar-refractivity contribution in [2.75, 3.05) is 44.3 Å². The van der Waals surface area contributed by atoms with Crippen LogP contribution in [0.4, 0.5) is 14.6 Å². The van der Waals surface area contributed by atoms with Gasteiger partial charge in [0.15, 0.2) is 5.82 Å². The van der Waals surface area contributed by atoms with Crippen LogP contribution in [0, 0.1) is 12.8 Å². The van der Waals surface area contributed by atoms with Crippen molar-refractivity contribution in [2.45, 2.75) is 20.0 Å². The molecule has 0 N–H and O–H groups in total. The second-order valence-electron chi connectivity index (χ2n) is 8.48. The molecule has 2 aliphatic heterocycles. The van der Waals surface area contributed by atoms with Crippen molar-refractivity contribution in [3.63, 3.8) is 0 Å². The molecule has 0 atom stereocenters. The van der Waals surface area contributed by atoms with Crippen LogP contribution in [0.25, 0.3) is 5.69 Å². The number of nitrogens with zero attached hydrogens (tertiary/aromatic N) is 7. The first-order valence-corrected chi connectivity index (χ1v) is 11.4. The minimum atomic E-state index is -2.53. The summed E-state index contributed by atoms with van der Waals surface area (Å²) in [5, 5.41) is 16.6. The van der Waals surface area contributed by atoms with Crippen molar-refractivity contribution in [3.05, 3.63) is 53.3 Å². The molecule has 3 aromatic rings. The lowest BCUT2D eigenvalue weighted by Crippen LogP contribution is -2.56. The summed E-state index contributed by atoms with van der Waals surface area (Å²) in [6.07, 6.45) is -2.53. The lowest BCUT2D eigenvalue weighted by Gasteiger charge is -2.41. The first-order valence-electron chi connectivity index (χ1n) is 11.4. The molecule has 2 aliphatic rings. The Labute approximate surface area is 200 Å². The summed E-state index contributed by atoms with van der Waals surface area (Å²) in [6, 6.07) is 9.39. The smallest absolute Gasteiger partial charge is 0.263 e. The highest BCUT2D eigenvalue weighted by atomic mass is 19.3. The number of aryl methyl sites for hydroxylation is 1. The van der Waals surface area contributed by atoms with Crippen molar-refractivity contribution in [1.82, 2.24) is 30.1 Å². The number of hydrogen-bond donors (Lipinski definition) is 0. The highest BCUT2D eigenvalue weighted by Crippen LogP contribution is 2.25. The summed E-state index contributed by atoms with van der Waals surface area (Å²) in [4.78, 5) is 16.4. The zero-order chi connectivity index (χ0) is 24.4. The van der Waals surface area contributed by atoms with E-state index in [-0.39, 0.29) is 24.0 Å². The van der Waals surface area contributed by atoms with Crippen LogP contribution in [0.15, 0.2) is 36.4 Å². The first kappa shape index (κ1) is 23.1. The van der Waals surface area contributed by atoms with Crippen molar-refractivity contribution in [2.24, 2.45) is 5.92 Å². The van der Waals surface area contributed by atoms with Crippen molar-refractivity contribution < 1.29 is 23.0 Å². The molecule has 2 aromatic heterocycles. The molecule has 1 aromatic carbocycles. The molecule has 2 saturated heterocycles. The predicted octanol–water partition coefficient (Wildman–Crippen LogP) is 2.18. The van der Waals surface area contributed by atoms with Gasteiger partial charge in [-0.05, 0) is 25.1 Å². The van der Waals surface area contributed by atoms with E-state index in [0.717, 1.165) is 0 Å². The average Bonchev–Trinajstić information content (AvgIpc) is 3.23. The largest absolute Gasteiger partial charge is 0.470 e. The molecular weight excluding hydrogens is 460 g/mol. The topological polar surface area (TPSA) is 98.5 Å². The normalized spacial score (nSPS) is 16.5. The van der Waals surface area contributed by atoms with Gasteiger partial charge in [-0.15, -0.1) is 15.3 Å². The van der Waals surface area contributed by atoms with Gasteiger partial charge < -0.3 is 19.3 Å². The standard InChI is InChI=1S/C23H25F2N7O3/c1-15-19(32(29-26-15)18-4-2-16(3-5-18)22(24)25)14-35-21-7-6-20(27-28-21)31-12-17(13-31)23(33)30-8-10-34-11-9-30/h2-7,17,22H,8-14H2,1H3. The van der Waals surface area contributed by atoms with Gasteiger partial charge in [0.05, 0.1) is 30.5 Å². The molecule has 2 fully saturated rings. The summed E-state index contributed by atoms with van der Waals surface area (Å²) in [5.41, 5.74) is 1.88. The minimum Gasteiger partial charge on any atom is -0.470 e. The molecule has 0 aliphatic carbocycles. The average molecular weight is 485 g/mol. The number of aromatic nitrogens is 5. The molecule has 10 nitrogen and oxygen atoms in total. The van der Waals surface area contributed by atoms with Gasteiger partial charge in [0.25, 0.3) is 6.43 Å². The van der Waals surface area contributed by atoms with Crippen LogP contribution >= 0.6 is 0 Å². The number of halogens is 2. The van der Waals surface area contributed by atoms with Crippen LogP contribution in [0.3, 0.4) is 0 Å². The van der Waals surface area contributed by atoms with Crippen molar-refractivity contribution >= 4 is 11.7 Å². The molecule has 5 rings (SSSR count). The van der Waals surface area contributed by atoms with E-state index >= 15 is 0 Å². The molecule has 0 spiro atoms. The zero-order valence-electron chi connectivity index (χ0n) is 19.2. The molecular formula is C23H25F2N7O3. The molecule has 35 heavy (non-hydrogen) atoms. The lowest BCUT2D eigenvalue weighted by atomic mass is 9.98. The number of carbonyl (C=O) groups excluding carboxylic acids is 1. The number of anilines is 1. The van der Waals surface area contributed by atoms with E-state index in [1.165, 1.54) is 12.1 Å². The highest BCUT2D eigenvalue weighted by molar-refractivity contribution is 5.82. The Kier molecular flexibility index (Phi) is 6.53. The summed E-state index contributed by atoms with van der Waals surface area (Å²) in [5.74, 6) is 1.15. The Morgan fingerprint density at radius 3 is 2.49 bits per heavy atom. The molecule has 0 saturated carbocycles. The van der Waals surface area contributed by atoms with Crippen molar-refractivity contribution in [3.8, 4) is 11.6 Å². The minimum absolute atomic E-state index is 0.0312. The van der Waals surface area contributed by atoms with Crippen molar-refractivity contribution in [1.29, 1.82) is 0 Å². The van der Waals surface area contributed by atoms with E-state index in [9.17, 15) is 13.6 Å². The summed E-state index contributed by atoms with van der Waals surface area (Å²) < 4.78 is 38.3. The monoisotopic (exact) mass is 485 g/mol. The van der Waals surface area contributed by atoms with E-state index in [4.69, 9.17) is 9.47 Å². The fourth-order valence-electron chi connectivity index (χ4n) is 4.08. The summed E-state index contributed by atoms with van der Waals surface area (Å²) >= 11 is 0. The third kappa shape index (κ3) is 4.92. The number of benzene rings is 1. The van der Waals surface area contributed by atoms with E-state index in [1.807, 2.05) is 15.9 Å². The van der Waals surface area contributed by atoms with Gasteiger partial charge in [0.1, 0.15) is 12.3 Å². The Morgan fingerprint density at radius 1 is 1.09 bits per heavy atom. The molecule has 12 heteroatoms. The Balaban J connectivity index is 1.17. The Morgan fingerprint density at radius 2 is 1.83 bits per heavy atom. The lowest BCUT2D eigenvalue weighted by molar-refractivity contribution is -0.140. The van der Waals surface area contributed by atoms with Crippen LogP contribution in [0.1, 0.15) is 23.4 Å². The molecule has 0 unspecified atom stereocenters. The van der Waals surface area contributed by atoms with Crippen LogP contribution in [-0.4, -0.2) is 75.4 Å². The van der Waals surface area contributed by atoms with Gasteiger partial charge in [-0.2, -0.15) is 0 Å². The van der Waals surface area contributed by atoms with Gasteiger partial charge >= 0.3 is 0 Å². The second kappa shape index (κ2) is 9.90. The predicted molar refractivity (Wildman–Crippen MR) is 121 cm³/mol. The first-order chi connectivity index (χ1) is 17.0. The van der Waals surface area contributed by atoms with Crippen LogP contribution in [-0.2, 0) is 16.1 Å². The van der Waals surface area contributed by atoms with E-state index in [0.29, 0.717) is 68.2 Å². The van der Waals surface area contributed by atoms with E-state index in [1.54, 1.807) is 29.8 Å². The maximum atomic E-state index is 12.8. The Bertz CT molecular complexity index is 1160. The second-order valence-corrected chi connectivity index (χ2v) is 8.48. The number of ether oxygens (including phenoxy) is 2.